The van der Waals surface area contributed by atoms with Gasteiger partial charge in [0.25, 0.3) is 0 Å². The summed E-state index contributed by atoms with van der Waals surface area (Å²) in [5, 5.41) is 0. The second kappa shape index (κ2) is 5.00. The van der Waals surface area contributed by atoms with Crippen LogP contribution in [0.3, 0.4) is 0 Å². The largest absolute Gasteiger partial charge is 0.420 e. The highest BCUT2D eigenvalue weighted by molar-refractivity contribution is 6.53. The van der Waals surface area contributed by atoms with Gasteiger partial charge in [-0.2, -0.15) is 0 Å². The van der Waals surface area contributed by atoms with Crippen molar-refractivity contribution in [3.8, 4) is 0 Å². The number of hydrogen-bond acceptors (Lipinski definition) is 1. The van der Waals surface area contributed by atoms with Gasteiger partial charge in [-0.1, -0.05) is 20.8 Å². The summed E-state index contributed by atoms with van der Waals surface area (Å²) < 4.78 is 5.59. The summed E-state index contributed by atoms with van der Waals surface area (Å²) in [5.41, 5.74) is 0.801. The second-order valence-corrected chi connectivity index (χ2v) is 6.21. The predicted molar refractivity (Wildman–Crippen MR) is 44.4 cm³/mol. The van der Waals surface area contributed by atoms with Gasteiger partial charge in [-0.05, 0) is 18.5 Å². The molecular formula is C7H18OSi. The minimum Gasteiger partial charge on any atom is -0.420 e. The zero-order valence-corrected chi connectivity index (χ0v) is 8.13. The highest BCUT2D eigenvalue weighted by Crippen LogP contribution is 2.11. The Labute approximate surface area is 60.1 Å². The molecule has 0 aromatic rings. The van der Waals surface area contributed by atoms with Crippen molar-refractivity contribution in [3.63, 3.8) is 0 Å². The Hall–Kier alpha value is 0.177. The van der Waals surface area contributed by atoms with E-state index in [0.29, 0.717) is 0 Å². The van der Waals surface area contributed by atoms with Gasteiger partial charge >= 0.3 is 0 Å². The van der Waals surface area contributed by atoms with Crippen molar-refractivity contribution in [2.75, 3.05) is 6.61 Å². The number of hydrogen-bond donors (Lipinski definition) is 0. The first kappa shape index (κ1) is 9.18. The maximum absolute atomic E-state index is 5.59. The summed E-state index contributed by atoms with van der Waals surface area (Å²) >= 11 is 0. The molecule has 0 aliphatic heterocycles. The molecule has 0 N–H and O–H groups in total. The first-order valence-electron chi connectivity index (χ1n) is 3.83. The highest BCUT2D eigenvalue weighted by Gasteiger charge is 2.12. The van der Waals surface area contributed by atoms with E-state index >= 15 is 0 Å². The SMILES string of the molecule is CCO[SiH](CC)C(C)C. The van der Waals surface area contributed by atoms with Crippen LogP contribution in [-0.4, -0.2) is 15.6 Å². The summed E-state index contributed by atoms with van der Waals surface area (Å²) in [5.74, 6) is 0. The van der Waals surface area contributed by atoms with Crippen molar-refractivity contribution in [1.29, 1.82) is 0 Å². The minimum atomic E-state index is -0.786. The molecule has 0 aliphatic carbocycles. The molecule has 0 amide bonds. The van der Waals surface area contributed by atoms with Crippen molar-refractivity contribution >= 4 is 9.04 Å². The highest BCUT2D eigenvalue weighted by atomic mass is 28.3. The maximum Gasteiger partial charge on any atom is 0.179 e. The standard InChI is InChI=1S/C7H18OSi/c1-5-8-9(6-2)7(3)4/h7,9H,5-6H2,1-4H3. The van der Waals surface area contributed by atoms with Crippen molar-refractivity contribution in [2.45, 2.75) is 39.3 Å². The minimum absolute atomic E-state index is 0.786. The molecule has 0 bridgehead atoms. The monoisotopic (exact) mass is 146 g/mol. The van der Waals surface area contributed by atoms with Crippen molar-refractivity contribution in [2.24, 2.45) is 0 Å². The van der Waals surface area contributed by atoms with E-state index in [1.807, 2.05) is 0 Å². The van der Waals surface area contributed by atoms with E-state index in [4.69, 9.17) is 4.43 Å². The fraction of sp³-hybridized carbons (Fsp3) is 1.00. The van der Waals surface area contributed by atoms with Crippen LogP contribution in [0.25, 0.3) is 0 Å². The molecule has 0 fully saturated rings. The molecule has 9 heavy (non-hydrogen) atoms. The third kappa shape index (κ3) is 3.70. The molecule has 0 saturated heterocycles. The average molecular weight is 146 g/mol. The molecule has 0 aliphatic rings. The molecule has 0 heterocycles. The normalized spacial score (nSPS) is 14.3. The lowest BCUT2D eigenvalue weighted by Crippen LogP contribution is -2.20. The topological polar surface area (TPSA) is 9.23 Å². The van der Waals surface area contributed by atoms with Gasteiger partial charge in [0.05, 0.1) is 0 Å². The van der Waals surface area contributed by atoms with Gasteiger partial charge in [0.15, 0.2) is 9.04 Å². The van der Waals surface area contributed by atoms with E-state index in [0.717, 1.165) is 12.1 Å². The van der Waals surface area contributed by atoms with E-state index in [9.17, 15) is 0 Å². The van der Waals surface area contributed by atoms with Gasteiger partial charge in [0, 0.05) is 6.61 Å². The molecule has 56 valence electrons. The zero-order chi connectivity index (χ0) is 7.28. The Bertz CT molecular complexity index is 63.9. The van der Waals surface area contributed by atoms with Gasteiger partial charge in [-0.25, -0.2) is 0 Å². The van der Waals surface area contributed by atoms with Gasteiger partial charge in [-0.3, -0.25) is 0 Å². The van der Waals surface area contributed by atoms with Crippen molar-refractivity contribution in [1.82, 2.24) is 0 Å². The summed E-state index contributed by atoms with van der Waals surface area (Å²) in [6, 6.07) is 1.27. The first-order valence-corrected chi connectivity index (χ1v) is 5.79. The van der Waals surface area contributed by atoms with Crippen LogP contribution in [0.5, 0.6) is 0 Å². The van der Waals surface area contributed by atoms with Crippen LogP contribution < -0.4 is 0 Å². The summed E-state index contributed by atoms with van der Waals surface area (Å²) in [6.07, 6.45) is 0. The molecule has 0 saturated carbocycles. The fourth-order valence-corrected chi connectivity index (χ4v) is 2.99. The molecule has 0 aromatic heterocycles. The Balaban J connectivity index is 3.41. The van der Waals surface area contributed by atoms with Crippen LogP contribution in [0.4, 0.5) is 0 Å². The molecule has 2 heteroatoms. The Kier molecular flexibility index (Phi) is 5.10. The average Bonchev–Trinajstić information content (AvgIpc) is 1.82. The third-order valence-corrected chi connectivity index (χ3v) is 4.58. The molecule has 1 atom stereocenters. The number of rotatable bonds is 4. The first-order chi connectivity index (χ1) is 4.22. The lowest BCUT2D eigenvalue weighted by molar-refractivity contribution is 0.336. The van der Waals surface area contributed by atoms with E-state index in [2.05, 4.69) is 27.7 Å². The molecule has 0 radical (unpaired) electrons. The molecule has 0 spiro atoms. The summed E-state index contributed by atoms with van der Waals surface area (Å²) in [6.45, 7) is 9.74. The van der Waals surface area contributed by atoms with E-state index in [1.165, 1.54) is 6.04 Å². The lowest BCUT2D eigenvalue weighted by atomic mass is 10.6. The molecule has 0 rings (SSSR count). The van der Waals surface area contributed by atoms with E-state index < -0.39 is 9.04 Å². The van der Waals surface area contributed by atoms with Crippen molar-refractivity contribution < 1.29 is 4.43 Å². The van der Waals surface area contributed by atoms with E-state index in [1.54, 1.807) is 0 Å². The Morgan fingerprint density at radius 1 is 1.33 bits per heavy atom. The van der Waals surface area contributed by atoms with Gasteiger partial charge in [0.2, 0.25) is 0 Å². The van der Waals surface area contributed by atoms with Crippen LogP contribution in [0.15, 0.2) is 0 Å². The molecule has 1 nitrogen and oxygen atoms in total. The van der Waals surface area contributed by atoms with Gasteiger partial charge in [0.1, 0.15) is 0 Å². The maximum atomic E-state index is 5.59. The smallest absolute Gasteiger partial charge is 0.179 e. The fourth-order valence-electron chi connectivity index (χ4n) is 0.996. The van der Waals surface area contributed by atoms with Crippen LogP contribution in [0.1, 0.15) is 27.7 Å². The van der Waals surface area contributed by atoms with Crippen LogP contribution in [0.2, 0.25) is 11.6 Å². The third-order valence-electron chi connectivity index (χ3n) is 1.53. The van der Waals surface area contributed by atoms with E-state index in [-0.39, 0.29) is 0 Å². The van der Waals surface area contributed by atoms with Crippen molar-refractivity contribution in [3.05, 3.63) is 0 Å². The van der Waals surface area contributed by atoms with Gasteiger partial charge < -0.3 is 4.43 Å². The summed E-state index contributed by atoms with van der Waals surface area (Å²) in [7, 11) is -0.786. The molecule has 0 aromatic carbocycles. The summed E-state index contributed by atoms with van der Waals surface area (Å²) in [4.78, 5) is 0. The quantitative estimate of drug-likeness (QED) is 0.552. The zero-order valence-electron chi connectivity index (χ0n) is 6.98. The van der Waals surface area contributed by atoms with Crippen LogP contribution >= 0.6 is 0 Å². The van der Waals surface area contributed by atoms with Crippen LogP contribution in [0, 0.1) is 0 Å². The Morgan fingerprint density at radius 3 is 2.00 bits per heavy atom. The lowest BCUT2D eigenvalue weighted by Gasteiger charge is -2.15. The molecular weight excluding hydrogens is 128 g/mol. The second-order valence-electron chi connectivity index (χ2n) is 2.65. The van der Waals surface area contributed by atoms with Gasteiger partial charge in [-0.15, -0.1) is 0 Å². The van der Waals surface area contributed by atoms with Crippen LogP contribution in [-0.2, 0) is 4.43 Å². The predicted octanol–water partition coefficient (Wildman–Crippen LogP) is 2.18. The Morgan fingerprint density at radius 2 is 1.89 bits per heavy atom. The molecule has 1 unspecified atom stereocenters.